The van der Waals surface area contributed by atoms with E-state index in [1.807, 2.05) is 24.5 Å². The van der Waals surface area contributed by atoms with Gasteiger partial charge < -0.3 is 23.5 Å². The van der Waals surface area contributed by atoms with Gasteiger partial charge >= 0.3 is 21.1 Å². The van der Waals surface area contributed by atoms with Gasteiger partial charge in [0.25, 0.3) is 0 Å². The third-order valence-corrected chi connectivity index (χ3v) is 7.03. The Balaban J connectivity index is 0.00000242. The third-order valence-electron chi connectivity index (χ3n) is 7.03. The maximum Gasteiger partial charge on any atom is 2.00 e. The summed E-state index contributed by atoms with van der Waals surface area (Å²) in [5.41, 5.74) is 7.68. The summed E-state index contributed by atoms with van der Waals surface area (Å²) in [5, 5.41) is 3.76. The molecule has 0 aliphatic rings. The number of ether oxygens (including phenoxy) is 1. The smallest absolute Gasteiger partial charge is 0.493 e. The summed E-state index contributed by atoms with van der Waals surface area (Å²) < 4.78 is 10.4. The number of fused-ring (bicyclic) bond motifs is 12. The molecule has 38 heavy (non-hydrogen) atoms. The van der Waals surface area contributed by atoms with Crippen LogP contribution in [0, 0.1) is 26.0 Å². The zero-order chi connectivity index (χ0) is 24.7. The van der Waals surface area contributed by atoms with E-state index < -0.39 is 0 Å². The van der Waals surface area contributed by atoms with Crippen LogP contribution in [0.1, 0.15) is 11.1 Å². The number of benzene rings is 2. The molecule has 0 aliphatic carbocycles. The molecule has 8 aromatic rings. The molecule has 0 saturated carbocycles. The van der Waals surface area contributed by atoms with Crippen molar-refractivity contribution in [1.82, 2.24) is 28.7 Å². The fourth-order valence-corrected chi connectivity index (χ4v) is 5.42. The first-order valence-corrected chi connectivity index (χ1v) is 12.0. The van der Waals surface area contributed by atoms with Gasteiger partial charge in [-0.15, -0.1) is 0 Å². The molecular weight excluding hydrogens is 655 g/mol. The molecule has 6 heterocycles. The molecule has 0 spiro atoms. The molecule has 0 radical (unpaired) electrons. The Bertz CT molecular complexity index is 2060. The van der Waals surface area contributed by atoms with Crippen molar-refractivity contribution >= 4 is 54.9 Å². The molecule has 0 fully saturated rings. The molecule has 8 heteroatoms. The quantitative estimate of drug-likeness (QED) is 0.157. The van der Waals surface area contributed by atoms with E-state index in [0.29, 0.717) is 11.5 Å². The van der Waals surface area contributed by atoms with Crippen LogP contribution in [0.2, 0.25) is 0 Å². The van der Waals surface area contributed by atoms with Gasteiger partial charge in [-0.1, -0.05) is 47.2 Å². The van der Waals surface area contributed by atoms with Crippen molar-refractivity contribution in [1.29, 1.82) is 0 Å². The van der Waals surface area contributed by atoms with Crippen LogP contribution in [0.15, 0.2) is 73.6 Å². The number of imidazole rings is 2. The zero-order valence-electron chi connectivity index (χ0n) is 20.3. The predicted octanol–water partition coefficient (Wildman–Crippen LogP) is 6.39. The second kappa shape index (κ2) is 8.33. The Labute approximate surface area is 231 Å². The molecule has 0 saturated heterocycles. The summed E-state index contributed by atoms with van der Waals surface area (Å²) >= 11 is 0. The normalized spacial score (nSPS) is 11.7. The average molecular weight is 674 g/mol. The summed E-state index contributed by atoms with van der Waals surface area (Å²) in [4.78, 5) is 18.8. The maximum absolute atomic E-state index is 6.22. The van der Waals surface area contributed by atoms with Crippen LogP contribution in [0.3, 0.4) is 0 Å². The monoisotopic (exact) mass is 673 g/mol. The molecule has 0 atom stereocenters. The van der Waals surface area contributed by atoms with E-state index in [1.165, 1.54) is 0 Å². The summed E-state index contributed by atoms with van der Waals surface area (Å²) in [6, 6.07) is 19.3. The minimum absolute atomic E-state index is 0. The summed E-state index contributed by atoms with van der Waals surface area (Å²) in [6.07, 6.45) is 10.9. The molecule has 0 N–H and O–H groups in total. The SMILES string of the molecule is Cc1cccc2c1c1ncc(Oc3[c-]c4c(nc3)c3c(C)cccc3n3ccnc43)[c-]c1c1nccn21.[Pt+2]. The van der Waals surface area contributed by atoms with Crippen LogP contribution in [-0.2, 0) is 21.1 Å². The van der Waals surface area contributed by atoms with Crippen LogP contribution in [0.4, 0.5) is 0 Å². The minimum atomic E-state index is 0. The molecule has 2 aromatic carbocycles. The number of rotatable bonds is 2. The van der Waals surface area contributed by atoms with Crippen molar-refractivity contribution in [3.05, 3.63) is 96.8 Å². The Morgan fingerprint density at radius 1 is 0.658 bits per heavy atom. The van der Waals surface area contributed by atoms with Gasteiger partial charge in [-0.2, -0.15) is 0 Å². The van der Waals surface area contributed by atoms with Crippen molar-refractivity contribution in [2.45, 2.75) is 13.8 Å². The zero-order valence-corrected chi connectivity index (χ0v) is 22.6. The van der Waals surface area contributed by atoms with Gasteiger partial charge in [0, 0.05) is 35.8 Å². The fraction of sp³-hybridized carbons (Fsp3) is 0.0667. The molecule has 8 rings (SSSR count). The Morgan fingerprint density at radius 2 is 1.13 bits per heavy atom. The summed E-state index contributed by atoms with van der Waals surface area (Å²) in [6.45, 7) is 4.18. The van der Waals surface area contributed by atoms with E-state index in [0.717, 1.165) is 66.0 Å². The van der Waals surface area contributed by atoms with E-state index in [-0.39, 0.29) is 21.1 Å². The number of aromatic nitrogens is 6. The van der Waals surface area contributed by atoms with Gasteiger partial charge in [-0.25, -0.2) is 0 Å². The third kappa shape index (κ3) is 3.12. The van der Waals surface area contributed by atoms with E-state index in [9.17, 15) is 0 Å². The fourth-order valence-electron chi connectivity index (χ4n) is 5.42. The molecule has 7 nitrogen and oxygen atoms in total. The number of hydrogen-bond donors (Lipinski definition) is 0. The second-order valence-electron chi connectivity index (χ2n) is 9.22. The van der Waals surface area contributed by atoms with Crippen molar-refractivity contribution in [3.8, 4) is 11.5 Å². The predicted molar refractivity (Wildman–Crippen MR) is 143 cm³/mol. The maximum atomic E-state index is 6.22. The van der Waals surface area contributed by atoms with Crippen LogP contribution >= 0.6 is 0 Å². The van der Waals surface area contributed by atoms with Gasteiger partial charge in [0.1, 0.15) is 0 Å². The van der Waals surface area contributed by atoms with Crippen molar-refractivity contribution < 1.29 is 25.8 Å². The number of aryl methyl sites for hydroxylation is 2. The topological polar surface area (TPSA) is 69.6 Å². The van der Waals surface area contributed by atoms with Gasteiger partial charge in [0.2, 0.25) is 0 Å². The van der Waals surface area contributed by atoms with Gasteiger partial charge in [-0.05, 0) is 71.3 Å². The first kappa shape index (κ1) is 22.8. The molecule has 0 amide bonds. The van der Waals surface area contributed by atoms with Crippen LogP contribution in [-0.4, -0.2) is 28.7 Å². The Morgan fingerprint density at radius 3 is 1.61 bits per heavy atom. The Kier molecular flexibility index (Phi) is 5.00. The van der Waals surface area contributed by atoms with E-state index in [4.69, 9.17) is 14.7 Å². The van der Waals surface area contributed by atoms with Gasteiger partial charge in [0.05, 0.1) is 22.8 Å². The van der Waals surface area contributed by atoms with Gasteiger partial charge in [0.15, 0.2) is 0 Å². The van der Waals surface area contributed by atoms with E-state index in [2.05, 4.69) is 69.0 Å². The van der Waals surface area contributed by atoms with E-state index in [1.54, 1.807) is 24.8 Å². The van der Waals surface area contributed by atoms with Crippen LogP contribution in [0.5, 0.6) is 11.5 Å². The van der Waals surface area contributed by atoms with Crippen molar-refractivity contribution in [3.63, 3.8) is 0 Å². The summed E-state index contributed by atoms with van der Waals surface area (Å²) in [5.74, 6) is 0.943. The largest absolute Gasteiger partial charge is 2.00 e. The average Bonchev–Trinajstić information content (AvgIpc) is 3.60. The minimum Gasteiger partial charge on any atom is -0.493 e. The van der Waals surface area contributed by atoms with Crippen LogP contribution in [0.25, 0.3) is 54.9 Å². The second-order valence-corrected chi connectivity index (χ2v) is 9.22. The number of nitrogens with zero attached hydrogens (tertiary/aromatic N) is 6. The van der Waals surface area contributed by atoms with Crippen molar-refractivity contribution in [2.75, 3.05) is 0 Å². The molecular formula is C30H18N6OPt. The molecule has 6 aromatic heterocycles. The molecule has 0 aliphatic heterocycles. The number of hydrogen-bond acceptors (Lipinski definition) is 5. The van der Waals surface area contributed by atoms with Gasteiger partial charge in [-0.3, -0.25) is 9.97 Å². The Hall–Kier alpha value is -4.35. The van der Waals surface area contributed by atoms with Crippen molar-refractivity contribution in [2.24, 2.45) is 0 Å². The van der Waals surface area contributed by atoms with Crippen LogP contribution < -0.4 is 4.74 Å². The number of pyridine rings is 4. The standard InChI is InChI=1S/C30H18N6O.Pt/c1-17-5-3-7-23-25(17)27-21(29-31-9-11-35(23)29)13-19(15-33-27)37-20-14-22-28(34-16-20)26-18(2)6-4-8-24(26)36-12-10-32-30(22)36;/h3-12,15-16H,1-2H3;/q-2;+2. The van der Waals surface area contributed by atoms with E-state index >= 15 is 0 Å². The first-order valence-electron chi connectivity index (χ1n) is 12.0. The summed E-state index contributed by atoms with van der Waals surface area (Å²) in [7, 11) is 0. The molecule has 184 valence electrons. The molecule has 0 unspecified atom stereocenters. The molecule has 0 bridgehead atoms. The first-order chi connectivity index (χ1) is 18.2.